The number of rotatable bonds is 8. The number of hydrogen-bond acceptors (Lipinski definition) is 5. The van der Waals surface area contributed by atoms with Gasteiger partial charge in [-0.25, -0.2) is 9.98 Å². The molecule has 0 bridgehead atoms. The molecule has 3 rings (SSSR count). The number of amides is 1. The van der Waals surface area contributed by atoms with Crippen LogP contribution < -0.4 is 15.4 Å². The molecule has 0 aromatic carbocycles. The van der Waals surface area contributed by atoms with E-state index >= 15 is 0 Å². The third-order valence-electron chi connectivity index (χ3n) is 4.98. The molecule has 1 aliphatic heterocycles. The van der Waals surface area contributed by atoms with Gasteiger partial charge in [0, 0.05) is 45.0 Å². The van der Waals surface area contributed by atoms with E-state index in [1.165, 1.54) is 12.3 Å². The monoisotopic (exact) mass is 442 g/mol. The maximum atomic E-state index is 13.0. The number of carbonyl (C=O) groups excluding carboxylic acids is 1. The summed E-state index contributed by atoms with van der Waals surface area (Å²) >= 11 is 0. The van der Waals surface area contributed by atoms with E-state index in [-0.39, 0.29) is 19.1 Å². The molecule has 2 heterocycles. The van der Waals surface area contributed by atoms with Gasteiger partial charge in [0.2, 0.25) is 11.8 Å². The minimum atomic E-state index is -4.52. The summed E-state index contributed by atoms with van der Waals surface area (Å²) in [7, 11) is 0. The highest BCUT2D eigenvalue weighted by molar-refractivity contribution is 5.80. The van der Waals surface area contributed by atoms with Crippen molar-refractivity contribution in [2.45, 2.75) is 32.0 Å². The van der Waals surface area contributed by atoms with Crippen molar-refractivity contribution < 1.29 is 22.7 Å². The Morgan fingerprint density at radius 3 is 2.68 bits per heavy atom. The number of hydrogen-bond donors (Lipinski definition) is 2. The molecule has 2 fully saturated rings. The predicted molar refractivity (Wildman–Crippen MR) is 110 cm³/mol. The van der Waals surface area contributed by atoms with Crippen molar-refractivity contribution in [1.29, 1.82) is 0 Å². The fourth-order valence-electron chi connectivity index (χ4n) is 3.26. The Labute approximate surface area is 179 Å². The average Bonchev–Trinajstić information content (AvgIpc) is 3.54. The average molecular weight is 442 g/mol. The van der Waals surface area contributed by atoms with Crippen molar-refractivity contribution in [3.8, 4) is 5.88 Å². The number of ether oxygens (including phenoxy) is 1. The van der Waals surface area contributed by atoms with Crippen LogP contribution in [0.2, 0.25) is 0 Å². The molecule has 1 aromatic rings. The van der Waals surface area contributed by atoms with Gasteiger partial charge in [0.05, 0.1) is 13.1 Å². The predicted octanol–water partition coefficient (Wildman–Crippen LogP) is 1.34. The van der Waals surface area contributed by atoms with E-state index in [0.29, 0.717) is 38.2 Å². The van der Waals surface area contributed by atoms with Gasteiger partial charge in [-0.05, 0) is 31.9 Å². The maximum Gasteiger partial charge on any atom is 0.421 e. The quantitative estimate of drug-likeness (QED) is 0.359. The summed E-state index contributed by atoms with van der Waals surface area (Å²) in [4.78, 5) is 24.3. The van der Waals surface area contributed by atoms with Crippen LogP contribution in [0.15, 0.2) is 23.3 Å². The Balaban J connectivity index is 1.46. The van der Waals surface area contributed by atoms with Gasteiger partial charge in [-0.15, -0.1) is 0 Å². The van der Waals surface area contributed by atoms with Crippen LogP contribution in [0.5, 0.6) is 5.88 Å². The first-order valence-corrected chi connectivity index (χ1v) is 10.6. The molecule has 2 N–H and O–H groups in total. The number of nitrogens with one attached hydrogen (secondary N) is 2. The second-order valence-corrected chi connectivity index (χ2v) is 7.54. The lowest BCUT2D eigenvalue weighted by molar-refractivity contribution is -0.139. The molecule has 8 nitrogen and oxygen atoms in total. The Hall–Kier alpha value is -2.56. The molecule has 1 aromatic heterocycles. The smallest absolute Gasteiger partial charge is 0.421 e. The van der Waals surface area contributed by atoms with Crippen LogP contribution in [0.25, 0.3) is 0 Å². The van der Waals surface area contributed by atoms with Crippen LogP contribution in [0.1, 0.15) is 25.3 Å². The summed E-state index contributed by atoms with van der Waals surface area (Å²) in [5.41, 5.74) is -0.896. The standard InChI is InChI=1S/C20H29F3N6O2/c1-2-24-19(26-8-13-31-18-16(20(21,22)23)4-3-7-25-18)29-11-9-28(10-12-29)14-17(30)27-15-5-6-15/h3-4,7,15H,2,5-6,8-14H2,1H3,(H,24,26)(H,27,30). The largest absolute Gasteiger partial charge is 0.475 e. The Bertz CT molecular complexity index is 762. The zero-order valence-corrected chi connectivity index (χ0v) is 17.6. The lowest BCUT2D eigenvalue weighted by Crippen LogP contribution is -2.54. The molecule has 1 amide bonds. The van der Waals surface area contributed by atoms with Gasteiger partial charge in [0.15, 0.2) is 5.96 Å². The topological polar surface area (TPSA) is 82.1 Å². The van der Waals surface area contributed by atoms with Crippen molar-refractivity contribution in [3.05, 3.63) is 23.9 Å². The molecule has 2 aliphatic rings. The Kier molecular flexibility index (Phi) is 7.94. The van der Waals surface area contributed by atoms with Crippen LogP contribution in [-0.4, -0.2) is 85.1 Å². The number of guanidine groups is 1. The van der Waals surface area contributed by atoms with Gasteiger partial charge >= 0.3 is 6.18 Å². The second kappa shape index (κ2) is 10.7. The van der Waals surface area contributed by atoms with Crippen molar-refractivity contribution in [3.63, 3.8) is 0 Å². The lowest BCUT2D eigenvalue weighted by Gasteiger charge is -2.36. The van der Waals surface area contributed by atoms with E-state index < -0.39 is 17.6 Å². The minimum absolute atomic E-state index is 0.0176. The van der Waals surface area contributed by atoms with E-state index in [9.17, 15) is 18.0 Å². The highest BCUT2D eigenvalue weighted by Crippen LogP contribution is 2.34. The first-order chi connectivity index (χ1) is 14.9. The van der Waals surface area contributed by atoms with Crippen molar-refractivity contribution in [2.24, 2.45) is 4.99 Å². The molecule has 0 radical (unpaired) electrons. The molecule has 1 aliphatic carbocycles. The third kappa shape index (κ3) is 7.27. The molecule has 0 atom stereocenters. The maximum absolute atomic E-state index is 13.0. The zero-order valence-electron chi connectivity index (χ0n) is 17.6. The van der Waals surface area contributed by atoms with Gasteiger partial charge in [0.25, 0.3) is 0 Å². The van der Waals surface area contributed by atoms with E-state index in [1.807, 2.05) is 6.92 Å². The first kappa shape index (κ1) is 23.1. The van der Waals surface area contributed by atoms with Gasteiger partial charge in [-0.1, -0.05) is 0 Å². The van der Waals surface area contributed by atoms with Crippen molar-refractivity contribution in [1.82, 2.24) is 25.4 Å². The van der Waals surface area contributed by atoms with Crippen LogP contribution in [-0.2, 0) is 11.0 Å². The number of aromatic nitrogens is 1. The van der Waals surface area contributed by atoms with E-state index in [0.717, 1.165) is 32.0 Å². The van der Waals surface area contributed by atoms with Gasteiger partial charge in [-0.2, -0.15) is 13.2 Å². The highest BCUT2D eigenvalue weighted by atomic mass is 19.4. The Morgan fingerprint density at radius 2 is 2.03 bits per heavy atom. The molecule has 1 saturated carbocycles. The molecule has 1 saturated heterocycles. The van der Waals surface area contributed by atoms with Crippen LogP contribution in [0, 0.1) is 0 Å². The number of piperazine rings is 1. The summed E-state index contributed by atoms with van der Waals surface area (Å²) in [5.74, 6) is 0.319. The second-order valence-electron chi connectivity index (χ2n) is 7.54. The Morgan fingerprint density at radius 1 is 1.29 bits per heavy atom. The summed E-state index contributed by atoms with van der Waals surface area (Å²) < 4.78 is 44.3. The number of carbonyl (C=O) groups is 1. The van der Waals surface area contributed by atoms with Gasteiger partial charge in [-0.3, -0.25) is 9.69 Å². The first-order valence-electron chi connectivity index (χ1n) is 10.6. The lowest BCUT2D eigenvalue weighted by atomic mass is 10.2. The summed E-state index contributed by atoms with van der Waals surface area (Å²) in [6.07, 6.45) is -1.10. The van der Waals surface area contributed by atoms with Crippen molar-refractivity contribution >= 4 is 11.9 Å². The normalized spacial score (nSPS) is 18.1. The fraction of sp³-hybridized carbons (Fsp3) is 0.650. The highest BCUT2D eigenvalue weighted by Gasteiger charge is 2.35. The van der Waals surface area contributed by atoms with Crippen LogP contribution >= 0.6 is 0 Å². The number of aliphatic imine (C=N–C) groups is 1. The number of pyridine rings is 1. The van der Waals surface area contributed by atoms with E-state index in [1.54, 1.807) is 0 Å². The molecule has 0 unspecified atom stereocenters. The van der Waals surface area contributed by atoms with Crippen LogP contribution in [0.3, 0.4) is 0 Å². The molecule has 0 spiro atoms. The molecule has 11 heteroatoms. The molecule has 172 valence electrons. The van der Waals surface area contributed by atoms with Crippen molar-refractivity contribution in [2.75, 3.05) is 52.4 Å². The molecule has 31 heavy (non-hydrogen) atoms. The summed E-state index contributed by atoms with van der Waals surface area (Å²) in [6.45, 7) is 6.09. The zero-order chi connectivity index (χ0) is 22.3. The van der Waals surface area contributed by atoms with Crippen LogP contribution in [0.4, 0.5) is 13.2 Å². The van der Waals surface area contributed by atoms with Gasteiger partial charge in [0.1, 0.15) is 12.2 Å². The van der Waals surface area contributed by atoms with Gasteiger partial charge < -0.3 is 20.3 Å². The van der Waals surface area contributed by atoms with E-state index in [4.69, 9.17) is 4.74 Å². The number of halogens is 3. The molecular weight excluding hydrogens is 413 g/mol. The third-order valence-corrected chi connectivity index (χ3v) is 4.98. The minimum Gasteiger partial charge on any atom is -0.475 e. The summed E-state index contributed by atoms with van der Waals surface area (Å²) in [5, 5.41) is 6.20. The number of nitrogens with zero attached hydrogens (tertiary/aromatic N) is 4. The molecular formula is C20H29F3N6O2. The van der Waals surface area contributed by atoms with E-state index in [2.05, 4.69) is 30.4 Å². The number of alkyl halides is 3. The fourth-order valence-corrected chi connectivity index (χ4v) is 3.26. The SMILES string of the molecule is CCNC(=NCCOc1ncccc1C(F)(F)F)N1CCN(CC(=O)NC2CC2)CC1. The summed E-state index contributed by atoms with van der Waals surface area (Å²) in [6, 6.07) is 2.54.